The minimum absolute atomic E-state index is 0.0442. The molecule has 0 spiro atoms. The molecule has 0 saturated carbocycles. The van der Waals surface area contributed by atoms with Crippen LogP contribution in [0.3, 0.4) is 0 Å². The maximum atomic E-state index is 12.9. The maximum absolute atomic E-state index is 12.9. The first-order chi connectivity index (χ1) is 11.3. The molecule has 0 bridgehead atoms. The minimum Gasteiger partial charge on any atom is -0.335 e. The van der Waals surface area contributed by atoms with Crippen LogP contribution in [-0.2, 0) is 6.42 Å². The minimum atomic E-state index is 0.0442. The second-order valence-electron chi connectivity index (χ2n) is 6.03. The lowest BCUT2D eigenvalue weighted by Gasteiger charge is -2.36. The number of carbonyl (C=O) groups is 1. The predicted octanol–water partition coefficient (Wildman–Crippen LogP) is 3.80. The summed E-state index contributed by atoms with van der Waals surface area (Å²) in [6.07, 6.45) is 4.15. The fraction of sp³-hybridized carbons (Fsp3) is 0.300. The average Bonchev–Trinajstić information content (AvgIpc) is 2.62. The zero-order valence-corrected chi connectivity index (χ0v) is 13.1. The van der Waals surface area contributed by atoms with Gasteiger partial charge < -0.3 is 4.90 Å². The van der Waals surface area contributed by atoms with E-state index in [2.05, 4.69) is 18.2 Å². The molecule has 3 heteroatoms. The van der Waals surface area contributed by atoms with Crippen LogP contribution in [0.2, 0.25) is 0 Å². The van der Waals surface area contributed by atoms with Gasteiger partial charge in [-0.3, -0.25) is 4.79 Å². The molecule has 0 aromatic heterocycles. The molecule has 2 aromatic carbocycles. The lowest BCUT2D eigenvalue weighted by molar-refractivity contribution is 0.0613. The van der Waals surface area contributed by atoms with Crippen molar-refractivity contribution in [1.29, 1.82) is 5.26 Å². The third kappa shape index (κ3) is 3.60. The molecule has 1 fully saturated rings. The molecule has 116 valence electrons. The summed E-state index contributed by atoms with van der Waals surface area (Å²) in [4.78, 5) is 14.9. The third-order valence-corrected chi connectivity index (χ3v) is 4.44. The molecule has 3 rings (SSSR count). The largest absolute Gasteiger partial charge is 0.335 e. The van der Waals surface area contributed by atoms with Gasteiger partial charge in [0.05, 0.1) is 11.6 Å². The summed E-state index contributed by atoms with van der Waals surface area (Å²) in [7, 11) is 0. The van der Waals surface area contributed by atoms with Gasteiger partial charge in [0.2, 0.25) is 0 Å². The summed E-state index contributed by atoms with van der Waals surface area (Å²) in [6, 6.07) is 19.7. The molecule has 0 unspecified atom stereocenters. The van der Waals surface area contributed by atoms with E-state index in [1.165, 1.54) is 12.0 Å². The Balaban J connectivity index is 1.80. The molecule has 1 amide bonds. The van der Waals surface area contributed by atoms with Gasteiger partial charge >= 0.3 is 0 Å². The fourth-order valence-electron chi connectivity index (χ4n) is 3.25. The summed E-state index contributed by atoms with van der Waals surface area (Å²) in [5.74, 6) is 0.0442. The van der Waals surface area contributed by atoms with E-state index in [-0.39, 0.29) is 11.9 Å². The Kier molecular flexibility index (Phi) is 4.73. The lowest BCUT2D eigenvalue weighted by atomic mass is 9.94. The Morgan fingerprint density at radius 1 is 1.13 bits per heavy atom. The highest BCUT2D eigenvalue weighted by molar-refractivity contribution is 5.94. The van der Waals surface area contributed by atoms with Crippen LogP contribution < -0.4 is 0 Å². The number of hydrogen-bond donors (Lipinski definition) is 0. The molecular formula is C20H20N2O. The molecular weight excluding hydrogens is 284 g/mol. The number of amides is 1. The molecule has 1 aliphatic heterocycles. The average molecular weight is 304 g/mol. The van der Waals surface area contributed by atoms with Crippen molar-refractivity contribution in [1.82, 2.24) is 4.90 Å². The van der Waals surface area contributed by atoms with Crippen LogP contribution in [0.25, 0.3) is 0 Å². The van der Waals surface area contributed by atoms with Gasteiger partial charge in [-0.2, -0.15) is 5.26 Å². The predicted molar refractivity (Wildman–Crippen MR) is 90.0 cm³/mol. The number of nitrogens with zero attached hydrogens (tertiary/aromatic N) is 2. The van der Waals surface area contributed by atoms with Crippen LogP contribution in [0.1, 0.15) is 40.7 Å². The normalized spacial score (nSPS) is 17.5. The van der Waals surface area contributed by atoms with Crippen molar-refractivity contribution in [2.75, 3.05) is 6.54 Å². The molecule has 23 heavy (non-hydrogen) atoms. The molecule has 0 N–H and O–H groups in total. The van der Waals surface area contributed by atoms with Crippen LogP contribution in [0.5, 0.6) is 0 Å². The van der Waals surface area contributed by atoms with Gasteiger partial charge in [-0.25, -0.2) is 0 Å². The molecule has 1 heterocycles. The topological polar surface area (TPSA) is 44.1 Å². The van der Waals surface area contributed by atoms with Gasteiger partial charge in [0.15, 0.2) is 0 Å². The number of hydrogen-bond acceptors (Lipinski definition) is 2. The highest BCUT2D eigenvalue weighted by Crippen LogP contribution is 2.23. The number of piperidine rings is 1. The van der Waals surface area contributed by atoms with Crippen molar-refractivity contribution in [3.05, 3.63) is 71.3 Å². The molecule has 0 aliphatic carbocycles. The zero-order valence-electron chi connectivity index (χ0n) is 13.1. The van der Waals surface area contributed by atoms with Crippen LogP contribution in [-0.4, -0.2) is 23.4 Å². The number of nitriles is 1. The smallest absolute Gasteiger partial charge is 0.254 e. The SMILES string of the molecule is N#Cc1cccc(C(=O)N2CCCC[C@@H]2Cc2ccccc2)c1. The van der Waals surface area contributed by atoms with E-state index >= 15 is 0 Å². The molecule has 2 aromatic rings. The number of likely N-dealkylation sites (tertiary alicyclic amines) is 1. The van der Waals surface area contributed by atoms with E-state index in [1.807, 2.05) is 23.1 Å². The summed E-state index contributed by atoms with van der Waals surface area (Å²) in [6.45, 7) is 0.799. The molecule has 1 atom stereocenters. The van der Waals surface area contributed by atoms with Crippen molar-refractivity contribution in [3.8, 4) is 6.07 Å². The van der Waals surface area contributed by atoms with Gasteiger partial charge in [0.1, 0.15) is 0 Å². The van der Waals surface area contributed by atoms with Gasteiger partial charge in [0.25, 0.3) is 5.91 Å². The van der Waals surface area contributed by atoms with Gasteiger partial charge in [-0.15, -0.1) is 0 Å². The second-order valence-corrected chi connectivity index (χ2v) is 6.03. The summed E-state index contributed by atoms with van der Waals surface area (Å²) in [5.41, 5.74) is 2.42. The Labute approximate surface area is 137 Å². The van der Waals surface area contributed by atoms with E-state index in [9.17, 15) is 4.79 Å². The van der Waals surface area contributed by atoms with Crippen molar-refractivity contribution < 1.29 is 4.79 Å². The lowest BCUT2D eigenvalue weighted by Crippen LogP contribution is -2.44. The monoisotopic (exact) mass is 304 g/mol. The maximum Gasteiger partial charge on any atom is 0.254 e. The molecule has 0 radical (unpaired) electrons. The van der Waals surface area contributed by atoms with E-state index in [4.69, 9.17) is 5.26 Å². The Morgan fingerprint density at radius 3 is 2.74 bits per heavy atom. The highest BCUT2D eigenvalue weighted by Gasteiger charge is 2.27. The quantitative estimate of drug-likeness (QED) is 0.866. The van der Waals surface area contributed by atoms with E-state index < -0.39 is 0 Å². The Morgan fingerprint density at radius 2 is 1.96 bits per heavy atom. The van der Waals surface area contributed by atoms with Crippen molar-refractivity contribution >= 4 is 5.91 Å². The highest BCUT2D eigenvalue weighted by atomic mass is 16.2. The summed E-state index contributed by atoms with van der Waals surface area (Å²) >= 11 is 0. The first-order valence-corrected chi connectivity index (χ1v) is 8.13. The van der Waals surface area contributed by atoms with E-state index in [1.54, 1.807) is 24.3 Å². The van der Waals surface area contributed by atoms with Crippen LogP contribution in [0, 0.1) is 11.3 Å². The molecule has 1 saturated heterocycles. The Hall–Kier alpha value is -2.60. The first kappa shape index (κ1) is 15.3. The van der Waals surface area contributed by atoms with Crippen molar-refractivity contribution in [3.63, 3.8) is 0 Å². The number of carbonyl (C=O) groups excluding carboxylic acids is 1. The second kappa shape index (κ2) is 7.11. The first-order valence-electron chi connectivity index (χ1n) is 8.13. The fourth-order valence-corrected chi connectivity index (χ4v) is 3.25. The molecule has 1 aliphatic rings. The molecule has 3 nitrogen and oxygen atoms in total. The van der Waals surface area contributed by atoms with Crippen molar-refractivity contribution in [2.45, 2.75) is 31.7 Å². The summed E-state index contributed by atoms with van der Waals surface area (Å²) < 4.78 is 0. The zero-order chi connectivity index (χ0) is 16.1. The van der Waals surface area contributed by atoms with Gasteiger partial charge in [-0.05, 0) is 49.4 Å². The summed E-state index contributed by atoms with van der Waals surface area (Å²) in [5, 5.41) is 9.03. The van der Waals surface area contributed by atoms with Crippen LogP contribution in [0.4, 0.5) is 0 Å². The van der Waals surface area contributed by atoms with Gasteiger partial charge in [0, 0.05) is 18.2 Å². The number of rotatable bonds is 3. The van der Waals surface area contributed by atoms with Gasteiger partial charge in [-0.1, -0.05) is 36.4 Å². The Bertz CT molecular complexity index is 718. The third-order valence-electron chi connectivity index (χ3n) is 4.44. The van der Waals surface area contributed by atoms with E-state index in [0.717, 1.165) is 25.8 Å². The van der Waals surface area contributed by atoms with Crippen LogP contribution in [0.15, 0.2) is 54.6 Å². The standard InChI is InChI=1S/C20H20N2O/c21-15-17-9-6-10-18(13-17)20(23)22-12-5-4-11-19(22)14-16-7-2-1-3-8-16/h1-3,6-10,13,19H,4-5,11-12,14H2/t19-/m1/s1. The number of benzene rings is 2. The van der Waals surface area contributed by atoms with E-state index in [0.29, 0.717) is 11.1 Å². The van der Waals surface area contributed by atoms with Crippen LogP contribution >= 0.6 is 0 Å². The van der Waals surface area contributed by atoms with Crippen molar-refractivity contribution in [2.24, 2.45) is 0 Å².